The second kappa shape index (κ2) is 5.46. The Bertz CT molecular complexity index is 606. The van der Waals surface area contributed by atoms with Crippen LogP contribution < -0.4 is 4.72 Å². The second-order valence-electron chi connectivity index (χ2n) is 4.24. The molecule has 0 unspecified atom stereocenters. The molecule has 1 rings (SSSR count). The predicted octanol–water partition coefficient (Wildman–Crippen LogP) is 2.01. The van der Waals surface area contributed by atoms with Gasteiger partial charge in [-0.15, -0.1) is 0 Å². The fourth-order valence-corrected chi connectivity index (χ4v) is 3.57. The first-order chi connectivity index (χ1) is 8.10. The lowest BCUT2D eigenvalue weighted by Crippen LogP contribution is -2.19. The maximum Gasteiger partial charge on any atom is 0.261 e. The molecule has 102 valence electrons. The minimum absolute atomic E-state index is 0.00254. The number of hydrogen-bond acceptors (Lipinski definition) is 4. The van der Waals surface area contributed by atoms with E-state index in [9.17, 15) is 16.8 Å². The summed E-state index contributed by atoms with van der Waals surface area (Å²) < 4.78 is 47.6. The van der Waals surface area contributed by atoms with Crippen LogP contribution in [-0.2, 0) is 19.1 Å². The van der Waals surface area contributed by atoms with Crippen LogP contribution in [0.25, 0.3) is 0 Å². The van der Waals surface area contributed by atoms with E-state index in [1.807, 2.05) is 0 Å². The molecule has 0 bridgehead atoms. The maximum atomic E-state index is 11.6. The van der Waals surface area contributed by atoms with E-state index in [2.05, 4.69) is 4.72 Å². The zero-order valence-electron chi connectivity index (χ0n) is 9.92. The quantitative estimate of drug-likeness (QED) is 0.844. The third-order valence-corrected chi connectivity index (χ3v) is 4.98. The summed E-state index contributed by atoms with van der Waals surface area (Å²) in [5.41, 5.74) is 0.305. The SMILES string of the molecule is CC(C)CS(=O)(=O)Nc1ccc(S(=O)(=O)Cl)cc1. The molecular weight excluding hydrogens is 298 g/mol. The molecule has 0 heterocycles. The van der Waals surface area contributed by atoms with Crippen molar-refractivity contribution in [2.45, 2.75) is 18.7 Å². The van der Waals surface area contributed by atoms with Crippen LogP contribution in [0.5, 0.6) is 0 Å². The van der Waals surface area contributed by atoms with Gasteiger partial charge >= 0.3 is 0 Å². The molecule has 0 aliphatic heterocycles. The van der Waals surface area contributed by atoms with Crippen molar-refractivity contribution in [3.05, 3.63) is 24.3 Å². The maximum absolute atomic E-state index is 11.6. The van der Waals surface area contributed by atoms with Crippen LogP contribution in [0, 0.1) is 5.92 Å². The number of rotatable bonds is 5. The number of benzene rings is 1. The van der Waals surface area contributed by atoms with E-state index in [1.54, 1.807) is 13.8 Å². The van der Waals surface area contributed by atoms with E-state index in [0.717, 1.165) is 0 Å². The average Bonchev–Trinajstić information content (AvgIpc) is 2.13. The van der Waals surface area contributed by atoms with Crippen LogP contribution >= 0.6 is 10.7 Å². The van der Waals surface area contributed by atoms with E-state index in [-0.39, 0.29) is 16.6 Å². The number of sulfonamides is 1. The van der Waals surface area contributed by atoms with E-state index >= 15 is 0 Å². The predicted molar refractivity (Wildman–Crippen MR) is 71.7 cm³/mol. The zero-order chi connectivity index (χ0) is 14.0. The standard InChI is InChI=1S/C10H14ClNO4S2/c1-8(2)7-17(13,14)12-9-3-5-10(6-4-9)18(11,15)16/h3-6,8,12H,7H2,1-2H3. The molecule has 0 amide bonds. The largest absolute Gasteiger partial charge is 0.284 e. The number of nitrogens with one attached hydrogen (secondary N) is 1. The zero-order valence-corrected chi connectivity index (χ0v) is 12.3. The average molecular weight is 312 g/mol. The molecular formula is C10H14ClNO4S2. The summed E-state index contributed by atoms with van der Waals surface area (Å²) in [5, 5.41) is 0. The molecule has 1 aromatic rings. The molecule has 18 heavy (non-hydrogen) atoms. The van der Waals surface area contributed by atoms with Gasteiger partial charge in [0, 0.05) is 16.4 Å². The van der Waals surface area contributed by atoms with Gasteiger partial charge in [0.15, 0.2) is 0 Å². The molecule has 0 atom stereocenters. The van der Waals surface area contributed by atoms with Crippen LogP contribution in [0.15, 0.2) is 29.2 Å². The fourth-order valence-electron chi connectivity index (χ4n) is 1.35. The van der Waals surface area contributed by atoms with Crippen molar-refractivity contribution in [2.24, 2.45) is 5.92 Å². The topological polar surface area (TPSA) is 80.3 Å². The van der Waals surface area contributed by atoms with Crippen molar-refractivity contribution in [1.29, 1.82) is 0 Å². The van der Waals surface area contributed by atoms with Gasteiger partial charge in [-0.3, -0.25) is 4.72 Å². The Balaban J connectivity index is 2.88. The summed E-state index contributed by atoms with van der Waals surface area (Å²) in [5.74, 6) is 0.00716. The molecule has 1 aromatic carbocycles. The Hall–Kier alpha value is -0.790. The van der Waals surface area contributed by atoms with Crippen molar-refractivity contribution in [2.75, 3.05) is 10.5 Å². The lowest BCUT2D eigenvalue weighted by Gasteiger charge is -2.09. The van der Waals surface area contributed by atoms with Crippen molar-refractivity contribution in [3.63, 3.8) is 0 Å². The van der Waals surface area contributed by atoms with E-state index < -0.39 is 19.1 Å². The van der Waals surface area contributed by atoms with Crippen LogP contribution in [0.3, 0.4) is 0 Å². The van der Waals surface area contributed by atoms with Crippen LogP contribution in [0.2, 0.25) is 0 Å². The van der Waals surface area contributed by atoms with Crippen molar-refractivity contribution in [1.82, 2.24) is 0 Å². The summed E-state index contributed by atoms with van der Waals surface area (Å²) in [6, 6.07) is 5.20. The molecule has 0 fully saturated rings. The third kappa shape index (κ3) is 4.83. The molecule has 1 N–H and O–H groups in total. The Morgan fingerprint density at radius 1 is 1.11 bits per heavy atom. The first-order valence-electron chi connectivity index (χ1n) is 5.15. The highest BCUT2D eigenvalue weighted by Crippen LogP contribution is 2.18. The van der Waals surface area contributed by atoms with Gasteiger partial charge in [-0.05, 0) is 30.2 Å². The van der Waals surface area contributed by atoms with Crippen LogP contribution in [0.1, 0.15) is 13.8 Å². The van der Waals surface area contributed by atoms with Gasteiger partial charge in [0.2, 0.25) is 10.0 Å². The lowest BCUT2D eigenvalue weighted by molar-refractivity contribution is 0.587. The number of halogens is 1. The fraction of sp³-hybridized carbons (Fsp3) is 0.400. The van der Waals surface area contributed by atoms with Gasteiger partial charge in [-0.25, -0.2) is 16.8 Å². The lowest BCUT2D eigenvalue weighted by atomic mass is 10.3. The van der Waals surface area contributed by atoms with Gasteiger partial charge < -0.3 is 0 Å². The Labute approximate surface area is 112 Å². The summed E-state index contributed by atoms with van der Waals surface area (Å²) in [6.45, 7) is 3.59. The highest BCUT2D eigenvalue weighted by atomic mass is 35.7. The van der Waals surface area contributed by atoms with Gasteiger partial charge in [-0.1, -0.05) is 13.8 Å². The molecule has 8 heteroatoms. The van der Waals surface area contributed by atoms with Gasteiger partial charge in [-0.2, -0.15) is 0 Å². The van der Waals surface area contributed by atoms with Crippen LogP contribution in [0.4, 0.5) is 5.69 Å². The summed E-state index contributed by atoms with van der Waals surface area (Å²) in [4.78, 5) is -0.0732. The highest BCUT2D eigenvalue weighted by molar-refractivity contribution is 8.13. The first-order valence-corrected chi connectivity index (χ1v) is 9.11. The van der Waals surface area contributed by atoms with Crippen molar-refractivity contribution < 1.29 is 16.8 Å². The first kappa shape index (κ1) is 15.3. The molecule has 0 aliphatic rings. The molecule has 0 aromatic heterocycles. The molecule has 0 aliphatic carbocycles. The molecule has 0 radical (unpaired) electrons. The minimum Gasteiger partial charge on any atom is -0.284 e. The molecule has 0 saturated heterocycles. The Morgan fingerprint density at radius 3 is 2.00 bits per heavy atom. The smallest absolute Gasteiger partial charge is 0.261 e. The van der Waals surface area contributed by atoms with Gasteiger partial charge in [0.05, 0.1) is 10.6 Å². The Kier molecular flexibility index (Phi) is 4.63. The number of anilines is 1. The molecule has 0 spiro atoms. The highest BCUT2D eigenvalue weighted by Gasteiger charge is 2.14. The van der Waals surface area contributed by atoms with E-state index in [1.165, 1.54) is 24.3 Å². The number of hydrogen-bond donors (Lipinski definition) is 1. The molecule has 5 nitrogen and oxygen atoms in total. The van der Waals surface area contributed by atoms with Crippen molar-refractivity contribution in [3.8, 4) is 0 Å². The van der Waals surface area contributed by atoms with Gasteiger partial charge in [0.1, 0.15) is 0 Å². The van der Waals surface area contributed by atoms with E-state index in [4.69, 9.17) is 10.7 Å². The summed E-state index contributed by atoms with van der Waals surface area (Å²) in [6.07, 6.45) is 0. The third-order valence-electron chi connectivity index (χ3n) is 1.96. The molecule has 0 saturated carbocycles. The normalized spacial score (nSPS) is 12.7. The monoisotopic (exact) mass is 311 g/mol. The van der Waals surface area contributed by atoms with E-state index in [0.29, 0.717) is 5.69 Å². The van der Waals surface area contributed by atoms with Gasteiger partial charge in [0.25, 0.3) is 9.05 Å². The Morgan fingerprint density at radius 2 is 1.61 bits per heavy atom. The summed E-state index contributed by atoms with van der Waals surface area (Å²) in [7, 11) is -2.06. The second-order valence-corrected chi connectivity index (χ2v) is 8.57. The van der Waals surface area contributed by atoms with Crippen molar-refractivity contribution >= 4 is 35.4 Å². The summed E-state index contributed by atoms with van der Waals surface area (Å²) >= 11 is 0. The van der Waals surface area contributed by atoms with Crippen LogP contribution in [-0.4, -0.2) is 22.6 Å². The minimum atomic E-state index is -3.79.